The van der Waals surface area contributed by atoms with Crippen molar-refractivity contribution in [3.8, 4) is 0 Å². The van der Waals surface area contributed by atoms with Crippen LogP contribution in [0.3, 0.4) is 0 Å². The standard InChI is InChI=1S/C24H42O3/c1-5-6-14(2)17-7-8-18-22-19(13-21(27)24(17,18)4)23(3)10-9-16(25)11-15(23)12-20(22)26/h14-22,25-27H,5-13H2,1-4H3/t14?,15-,16+,17+,18?,19?,20+,21-,22+,23-,24+/m0/s1. The van der Waals surface area contributed by atoms with Gasteiger partial charge in [-0.2, -0.15) is 0 Å². The molecule has 4 aliphatic carbocycles. The molecule has 4 rings (SSSR count). The van der Waals surface area contributed by atoms with E-state index in [0.717, 1.165) is 32.1 Å². The third kappa shape index (κ3) is 2.86. The number of aliphatic hydroxyl groups is 3. The molecule has 3 unspecified atom stereocenters. The predicted octanol–water partition coefficient (Wildman–Crippen LogP) is 4.38. The van der Waals surface area contributed by atoms with Gasteiger partial charge < -0.3 is 15.3 Å². The van der Waals surface area contributed by atoms with Crippen molar-refractivity contribution in [2.75, 3.05) is 0 Å². The Bertz CT molecular complexity index is 550. The highest BCUT2D eigenvalue weighted by molar-refractivity contribution is 5.14. The minimum Gasteiger partial charge on any atom is -0.393 e. The molecule has 4 saturated carbocycles. The molecule has 0 saturated heterocycles. The van der Waals surface area contributed by atoms with Crippen LogP contribution in [0.25, 0.3) is 0 Å². The number of hydrogen-bond donors (Lipinski definition) is 3. The molecule has 0 bridgehead atoms. The van der Waals surface area contributed by atoms with Crippen molar-refractivity contribution >= 4 is 0 Å². The zero-order valence-corrected chi connectivity index (χ0v) is 17.9. The lowest BCUT2D eigenvalue weighted by atomic mass is 9.43. The Kier molecular flexibility index (Phi) is 5.22. The van der Waals surface area contributed by atoms with Crippen LogP contribution in [-0.2, 0) is 0 Å². The molecule has 3 nitrogen and oxygen atoms in total. The van der Waals surface area contributed by atoms with E-state index in [0.29, 0.717) is 35.5 Å². The summed E-state index contributed by atoms with van der Waals surface area (Å²) in [7, 11) is 0. The normalized spacial score (nSPS) is 56.1. The number of aliphatic hydroxyl groups excluding tert-OH is 3. The van der Waals surface area contributed by atoms with Crippen LogP contribution >= 0.6 is 0 Å². The van der Waals surface area contributed by atoms with Gasteiger partial charge in [0.1, 0.15) is 0 Å². The SMILES string of the molecule is CCCC(C)[C@H]1CCC2[C@@H]3C(C[C@H](O)[C@@]21C)[C@@]1(C)CC[C@@H](O)C[C@H]1C[C@H]3O. The molecule has 27 heavy (non-hydrogen) atoms. The van der Waals surface area contributed by atoms with E-state index in [1.54, 1.807) is 0 Å². The highest BCUT2D eigenvalue weighted by atomic mass is 16.3. The van der Waals surface area contributed by atoms with Crippen molar-refractivity contribution in [2.24, 2.45) is 46.3 Å². The number of rotatable bonds is 3. The van der Waals surface area contributed by atoms with Crippen LogP contribution in [0.2, 0.25) is 0 Å². The first-order chi connectivity index (χ1) is 12.7. The average molecular weight is 379 g/mol. The van der Waals surface area contributed by atoms with Crippen molar-refractivity contribution in [1.82, 2.24) is 0 Å². The first-order valence-electron chi connectivity index (χ1n) is 11.8. The molecule has 3 heteroatoms. The first kappa shape index (κ1) is 20.2. The van der Waals surface area contributed by atoms with Gasteiger partial charge in [-0.3, -0.25) is 0 Å². The van der Waals surface area contributed by atoms with Crippen LogP contribution in [0, 0.1) is 46.3 Å². The van der Waals surface area contributed by atoms with E-state index in [1.807, 2.05) is 0 Å². The second kappa shape index (κ2) is 6.99. The first-order valence-corrected chi connectivity index (χ1v) is 11.8. The summed E-state index contributed by atoms with van der Waals surface area (Å²) >= 11 is 0. The van der Waals surface area contributed by atoms with Gasteiger partial charge in [-0.05, 0) is 91.3 Å². The van der Waals surface area contributed by atoms with Crippen molar-refractivity contribution in [3.63, 3.8) is 0 Å². The Morgan fingerprint density at radius 3 is 2.41 bits per heavy atom. The van der Waals surface area contributed by atoms with Gasteiger partial charge in [0.25, 0.3) is 0 Å². The molecule has 11 atom stereocenters. The van der Waals surface area contributed by atoms with E-state index in [-0.39, 0.29) is 29.1 Å². The second-order valence-electron chi connectivity index (χ2n) is 11.3. The molecule has 4 aliphatic rings. The molecule has 0 amide bonds. The summed E-state index contributed by atoms with van der Waals surface area (Å²) in [6.45, 7) is 9.42. The van der Waals surface area contributed by atoms with Crippen LogP contribution in [0.15, 0.2) is 0 Å². The maximum Gasteiger partial charge on any atom is 0.0602 e. The van der Waals surface area contributed by atoms with Crippen LogP contribution < -0.4 is 0 Å². The number of hydrogen-bond acceptors (Lipinski definition) is 3. The molecule has 0 aromatic rings. The summed E-state index contributed by atoms with van der Waals surface area (Å²) in [5, 5.41) is 32.9. The van der Waals surface area contributed by atoms with Gasteiger partial charge >= 0.3 is 0 Å². The smallest absolute Gasteiger partial charge is 0.0602 e. The zero-order chi connectivity index (χ0) is 19.6. The second-order valence-corrected chi connectivity index (χ2v) is 11.3. The van der Waals surface area contributed by atoms with Crippen molar-refractivity contribution in [1.29, 1.82) is 0 Å². The Morgan fingerprint density at radius 2 is 1.70 bits per heavy atom. The molecule has 4 fully saturated rings. The van der Waals surface area contributed by atoms with E-state index >= 15 is 0 Å². The summed E-state index contributed by atoms with van der Waals surface area (Å²) in [6.07, 6.45) is 8.64. The topological polar surface area (TPSA) is 60.7 Å². The maximum atomic E-state index is 11.5. The molecule has 0 spiro atoms. The third-order valence-corrected chi connectivity index (χ3v) is 10.3. The van der Waals surface area contributed by atoms with Crippen LogP contribution in [0.1, 0.15) is 85.5 Å². The van der Waals surface area contributed by atoms with E-state index < -0.39 is 0 Å². The third-order valence-electron chi connectivity index (χ3n) is 10.3. The highest BCUT2D eigenvalue weighted by Gasteiger charge is 2.65. The van der Waals surface area contributed by atoms with Crippen molar-refractivity contribution in [3.05, 3.63) is 0 Å². The summed E-state index contributed by atoms with van der Waals surface area (Å²) in [4.78, 5) is 0. The van der Waals surface area contributed by atoms with E-state index in [2.05, 4.69) is 27.7 Å². The fourth-order valence-corrected chi connectivity index (χ4v) is 8.79. The Hall–Kier alpha value is -0.120. The lowest BCUT2D eigenvalue weighted by Crippen LogP contribution is -2.62. The van der Waals surface area contributed by atoms with Gasteiger partial charge in [-0.25, -0.2) is 0 Å². The van der Waals surface area contributed by atoms with Gasteiger partial charge in [0, 0.05) is 0 Å². The number of fused-ring (bicyclic) bond motifs is 5. The summed E-state index contributed by atoms with van der Waals surface area (Å²) in [5.74, 6) is 2.86. The summed E-state index contributed by atoms with van der Waals surface area (Å²) < 4.78 is 0. The molecular weight excluding hydrogens is 336 g/mol. The van der Waals surface area contributed by atoms with Gasteiger partial charge in [-0.1, -0.05) is 40.5 Å². The van der Waals surface area contributed by atoms with E-state index in [4.69, 9.17) is 0 Å². The molecule has 0 aromatic heterocycles. The maximum absolute atomic E-state index is 11.5. The average Bonchev–Trinajstić information content (AvgIpc) is 2.96. The minimum absolute atomic E-state index is 0.0336. The molecule has 0 heterocycles. The predicted molar refractivity (Wildman–Crippen MR) is 108 cm³/mol. The van der Waals surface area contributed by atoms with E-state index in [9.17, 15) is 15.3 Å². The van der Waals surface area contributed by atoms with Crippen molar-refractivity contribution in [2.45, 2.75) is 104 Å². The minimum atomic E-state index is -0.254. The molecule has 0 aliphatic heterocycles. The zero-order valence-electron chi connectivity index (χ0n) is 17.9. The molecule has 156 valence electrons. The molecular formula is C24H42O3. The fourth-order valence-electron chi connectivity index (χ4n) is 8.79. The Balaban J connectivity index is 1.66. The van der Waals surface area contributed by atoms with Gasteiger partial charge in [0.05, 0.1) is 18.3 Å². The largest absolute Gasteiger partial charge is 0.393 e. The van der Waals surface area contributed by atoms with Gasteiger partial charge in [-0.15, -0.1) is 0 Å². The van der Waals surface area contributed by atoms with Crippen LogP contribution in [0.4, 0.5) is 0 Å². The fraction of sp³-hybridized carbons (Fsp3) is 1.00. The van der Waals surface area contributed by atoms with Crippen LogP contribution in [0.5, 0.6) is 0 Å². The Labute approximate surface area is 165 Å². The monoisotopic (exact) mass is 378 g/mol. The Morgan fingerprint density at radius 1 is 0.963 bits per heavy atom. The lowest BCUT2D eigenvalue weighted by Gasteiger charge is -2.63. The van der Waals surface area contributed by atoms with Gasteiger partial charge in [0.15, 0.2) is 0 Å². The molecule has 3 N–H and O–H groups in total. The van der Waals surface area contributed by atoms with Gasteiger partial charge in [0.2, 0.25) is 0 Å². The quantitative estimate of drug-likeness (QED) is 0.683. The van der Waals surface area contributed by atoms with Crippen LogP contribution in [-0.4, -0.2) is 33.6 Å². The van der Waals surface area contributed by atoms with E-state index in [1.165, 1.54) is 25.7 Å². The summed E-state index contributed by atoms with van der Waals surface area (Å²) in [6, 6.07) is 0. The lowest BCUT2D eigenvalue weighted by molar-refractivity contribution is -0.207. The highest BCUT2D eigenvalue weighted by Crippen LogP contribution is 2.68. The summed E-state index contributed by atoms with van der Waals surface area (Å²) in [5.41, 5.74) is 0.146. The molecule has 0 radical (unpaired) electrons. The van der Waals surface area contributed by atoms with Crippen molar-refractivity contribution < 1.29 is 15.3 Å². The molecule has 0 aromatic carbocycles.